The van der Waals surface area contributed by atoms with E-state index in [0.717, 1.165) is 19.8 Å². The summed E-state index contributed by atoms with van der Waals surface area (Å²) in [7, 11) is 0. The Morgan fingerprint density at radius 3 is 2.62 bits per heavy atom. The Kier molecular flexibility index (Phi) is 3.70. The van der Waals surface area contributed by atoms with Gasteiger partial charge in [0, 0.05) is 13.5 Å². The lowest BCUT2D eigenvalue weighted by molar-refractivity contribution is -0.265. The van der Waals surface area contributed by atoms with Crippen molar-refractivity contribution in [3.8, 4) is 0 Å². The van der Waals surface area contributed by atoms with Crippen LogP contribution in [-0.2, 0) is 24.1 Å². The Hall–Kier alpha value is -1.10. The topological polar surface area (TPSA) is 61.8 Å². The summed E-state index contributed by atoms with van der Waals surface area (Å²) < 4.78 is 5.11. The van der Waals surface area contributed by atoms with Crippen LogP contribution in [0.5, 0.6) is 0 Å². The average molecular weight is 188 g/mol. The van der Waals surface area contributed by atoms with Crippen molar-refractivity contribution in [2.24, 2.45) is 0 Å². The predicted molar refractivity (Wildman–Crippen MR) is 41.4 cm³/mol. The normalized spacial score (nSPS) is 22.1. The standard InChI is InChI=1S/C8H12O5/c1-6(9)12-13-8(10)7-4-2-3-5-11-7/h7H,2-5H2,1H3. The van der Waals surface area contributed by atoms with Crippen LogP contribution in [0.2, 0.25) is 0 Å². The lowest BCUT2D eigenvalue weighted by Crippen LogP contribution is -2.30. The Labute approximate surface area is 75.9 Å². The summed E-state index contributed by atoms with van der Waals surface area (Å²) in [6, 6.07) is 0. The molecule has 5 nitrogen and oxygen atoms in total. The van der Waals surface area contributed by atoms with Crippen LogP contribution in [0, 0.1) is 0 Å². The molecule has 1 heterocycles. The Bertz CT molecular complexity index is 195. The van der Waals surface area contributed by atoms with Crippen LogP contribution in [-0.4, -0.2) is 24.6 Å². The molecule has 1 atom stereocenters. The maximum atomic E-state index is 11.1. The predicted octanol–water partition coefficient (Wildman–Crippen LogP) is 0.577. The molecule has 1 aliphatic rings. The molecule has 0 aromatic carbocycles. The van der Waals surface area contributed by atoms with Gasteiger partial charge in [0.15, 0.2) is 6.10 Å². The van der Waals surface area contributed by atoms with Crippen LogP contribution in [0.15, 0.2) is 0 Å². The lowest BCUT2D eigenvalue weighted by Gasteiger charge is -2.19. The molecule has 1 unspecified atom stereocenters. The zero-order valence-electron chi connectivity index (χ0n) is 7.45. The SMILES string of the molecule is CC(=O)OOC(=O)C1CCCCO1. The van der Waals surface area contributed by atoms with E-state index in [1.165, 1.54) is 0 Å². The summed E-state index contributed by atoms with van der Waals surface area (Å²) in [5.41, 5.74) is 0. The molecule has 1 aliphatic heterocycles. The minimum absolute atomic E-state index is 0.555. The zero-order valence-corrected chi connectivity index (χ0v) is 7.45. The fourth-order valence-corrected chi connectivity index (χ4v) is 1.08. The number of hydrogen-bond acceptors (Lipinski definition) is 5. The number of carbonyl (C=O) groups is 2. The number of hydrogen-bond donors (Lipinski definition) is 0. The van der Waals surface area contributed by atoms with Gasteiger partial charge < -0.3 is 4.74 Å². The van der Waals surface area contributed by atoms with Crippen molar-refractivity contribution in [3.63, 3.8) is 0 Å². The molecule has 0 aromatic rings. The van der Waals surface area contributed by atoms with E-state index in [9.17, 15) is 9.59 Å². The summed E-state index contributed by atoms with van der Waals surface area (Å²) in [6.07, 6.45) is 1.94. The van der Waals surface area contributed by atoms with E-state index in [1.54, 1.807) is 0 Å². The van der Waals surface area contributed by atoms with Crippen molar-refractivity contribution in [1.82, 2.24) is 0 Å². The maximum absolute atomic E-state index is 11.1. The first-order valence-electron chi connectivity index (χ1n) is 4.20. The van der Waals surface area contributed by atoms with E-state index in [2.05, 4.69) is 9.78 Å². The van der Waals surface area contributed by atoms with Gasteiger partial charge in [0.1, 0.15) is 0 Å². The maximum Gasteiger partial charge on any atom is 0.383 e. The first-order valence-corrected chi connectivity index (χ1v) is 4.20. The van der Waals surface area contributed by atoms with Gasteiger partial charge in [-0.05, 0) is 19.3 Å². The molecule has 0 aromatic heterocycles. The lowest BCUT2D eigenvalue weighted by atomic mass is 10.1. The van der Waals surface area contributed by atoms with Crippen molar-refractivity contribution < 1.29 is 24.1 Å². The minimum atomic E-state index is -0.649. The van der Waals surface area contributed by atoms with Gasteiger partial charge in [-0.3, -0.25) is 0 Å². The molecule has 1 rings (SSSR count). The molecular formula is C8H12O5. The second-order valence-electron chi connectivity index (χ2n) is 2.83. The highest BCUT2D eigenvalue weighted by molar-refractivity contribution is 5.75. The van der Waals surface area contributed by atoms with E-state index in [1.807, 2.05) is 0 Å². The van der Waals surface area contributed by atoms with Crippen LogP contribution in [0.1, 0.15) is 26.2 Å². The number of ether oxygens (including phenoxy) is 1. The highest BCUT2D eigenvalue weighted by atomic mass is 17.2. The summed E-state index contributed by atoms with van der Waals surface area (Å²) in [4.78, 5) is 29.7. The van der Waals surface area contributed by atoms with Gasteiger partial charge in [0.2, 0.25) is 0 Å². The van der Waals surface area contributed by atoms with Gasteiger partial charge in [-0.15, -0.1) is 0 Å². The smallest absolute Gasteiger partial charge is 0.366 e. The Balaban J connectivity index is 2.25. The molecule has 0 bridgehead atoms. The summed E-state index contributed by atoms with van der Waals surface area (Å²) in [5, 5.41) is 0. The van der Waals surface area contributed by atoms with Gasteiger partial charge in [-0.1, -0.05) is 0 Å². The highest BCUT2D eigenvalue weighted by Crippen LogP contribution is 2.13. The monoisotopic (exact) mass is 188 g/mol. The molecular weight excluding hydrogens is 176 g/mol. The zero-order chi connectivity index (χ0) is 9.68. The molecule has 1 saturated heterocycles. The third kappa shape index (κ3) is 3.42. The van der Waals surface area contributed by atoms with Crippen LogP contribution >= 0.6 is 0 Å². The minimum Gasteiger partial charge on any atom is -0.366 e. The molecule has 0 N–H and O–H groups in total. The molecule has 0 spiro atoms. The quantitative estimate of drug-likeness (QED) is 0.445. The molecule has 0 saturated carbocycles. The Morgan fingerprint density at radius 2 is 2.08 bits per heavy atom. The average Bonchev–Trinajstić information content (AvgIpc) is 2.15. The van der Waals surface area contributed by atoms with Crippen LogP contribution in [0.3, 0.4) is 0 Å². The number of rotatable bonds is 1. The van der Waals surface area contributed by atoms with E-state index in [-0.39, 0.29) is 0 Å². The van der Waals surface area contributed by atoms with Crippen molar-refractivity contribution in [1.29, 1.82) is 0 Å². The second-order valence-corrected chi connectivity index (χ2v) is 2.83. The van der Waals surface area contributed by atoms with E-state index >= 15 is 0 Å². The van der Waals surface area contributed by atoms with Gasteiger partial charge in [-0.25, -0.2) is 19.4 Å². The molecule has 1 fully saturated rings. The highest BCUT2D eigenvalue weighted by Gasteiger charge is 2.25. The molecule has 13 heavy (non-hydrogen) atoms. The van der Waals surface area contributed by atoms with Gasteiger partial charge >= 0.3 is 11.9 Å². The summed E-state index contributed by atoms with van der Waals surface area (Å²) in [5.74, 6) is -1.28. The second kappa shape index (κ2) is 4.81. The van der Waals surface area contributed by atoms with Crippen LogP contribution in [0.4, 0.5) is 0 Å². The largest absolute Gasteiger partial charge is 0.383 e. The molecule has 74 valence electrons. The van der Waals surface area contributed by atoms with Crippen molar-refractivity contribution in [2.75, 3.05) is 6.61 Å². The van der Waals surface area contributed by atoms with E-state index in [4.69, 9.17) is 4.74 Å². The molecule has 0 amide bonds. The van der Waals surface area contributed by atoms with Crippen LogP contribution in [0.25, 0.3) is 0 Å². The van der Waals surface area contributed by atoms with E-state index in [0.29, 0.717) is 13.0 Å². The first-order chi connectivity index (χ1) is 6.20. The van der Waals surface area contributed by atoms with Crippen LogP contribution < -0.4 is 0 Å². The molecule has 0 aliphatic carbocycles. The first kappa shape index (κ1) is 9.98. The third-order valence-corrected chi connectivity index (χ3v) is 1.68. The third-order valence-electron chi connectivity index (χ3n) is 1.68. The molecule has 0 radical (unpaired) electrons. The van der Waals surface area contributed by atoms with Gasteiger partial charge in [0.25, 0.3) is 0 Å². The van der Waals surface area contributed by atoms with E-state index < -0.39 is 18.0 Å². The fourth-order valence-electron chi connectivity index (χ4n) is 1.08. The number of carbonyl (C=O) groups excluding carboxylic acids is 2. The van der Waals surface area contributed by atoms with Gasteiger partial charge in [0.05, 0.1) is 0 Å². The van der Waals surface area contributed by atoms with Crippen molar-refractivity contribution in [3.05, 3.63) is 0 Å². The van der Waals surface area contributed by atoms with Gasteiger partial charge in [-0.2, -0.15) is 0 Å². The molecule has 5 heteroatoms. The summed E-state index contributed by atoms with van der Waals surface area (Å²) in [6.45, 7) is 1.72. The van der Waals surface area contributed by atoms with Crippen molar-refractivity contribution in [2.45, 2.75) is 32.3 Å². The fraction of sp³-hybridized carbons (Fsp3) is 0.750. The van der Waals surface area contributed by atoms with Crippen molar-refractivity contribution >= 4 is 11.9 Å². The Morgan fingerprint density at radius 1 is 1.31 bits per heavy atom. The summed E-state index contributed by atoms with van der Waals surface area (Å²) >= 11 is 0.